The van der Waals surface area contributed by atoms with Gasteiger partial charge < -0.3 is 5.32 Å². The van der Waals surface area contributed by atoms with Crippen LogP contribution < -0.4 is 10.2 Å². The van der Waals surface area contributed by atoms with Crippen molar-refractivity contribution >= 4 is 34.0 Å². The second-order valence-corrected chi connectivity index (χ2v) is 8.98. The van der Waals surface area contributed by atoms with Crippen LogP contribution in [0.2, 0.25) is 0 Å². The van der Waals surface area contributed by atoms with Crippen molar-refractivity contribution in [3.8, 4) is 0 Å². The lowest BCUT2D eigenvalue weighted by molar-refractivity contribution is -0.114. The number of nitrogens with one attached hydrogen (secondary N) is 1. The molecule has 0 aliphatic carbocycles. The number of tetrazole rings is 1. The Balaban J connectivity index is 1.54. The molecule has 33 heavy (non-hydrogen) atoms. The number of carbonyl (C=O) groups is 1. The van der Waals surface area contributed by atoms with Crippen LogP contribution in [-0.4, -0.2) is 37.6 Å². The SMILES string of the molecule is Cc1ccc(C2=C[C@H](c3ccc(C)cc3)n3nnnc3N2CC(=O)Nc2nc(C)cs2)cc1. The molecular weight excluding hydrogens is 434 g/mol. The minimum atomic E-state index is -0.189. The van der Waals surface area contributed by atoms with E-state index in [-0.39, 0.29) is 18.5 Å². The number of amides is 1. The van der Waals surface area contributed by atoms with Gasteiger partial charge in [0.2, 0.25) is 5.91 Å². The zero-order chi connectivity index (χ0) is 22.9. The van der Waals surface area contributed by atoms with E-state index in [1.54, 1.807) is 4.68 Å². The molecule has 1 aliphatic rings. The highest BCUT2D eigenvalue weighted by atomic mass is 32.1. The van der Waals surface area contributed by atoms with Crippen LogP contribution in [0.1, 0.15) is 34.0 Å². The normalized spacial score (nSPS) is 15.2. The molecule has 4 aromatic rings. The largest absolute Gasteiger partial charge is 0.300 e. The number of allylic oxidation sites excluding steroid dienone is 1. The fourth-order valence-electron chi connectivity index (χ4n) is 3.81. The van der Waals surface area contributed by atoms with Crippen molar-refractivity contribution in [2.45, 2.75) is 26.8 Å². The summed E-state index contributed by atoms with van der Waals surface area (Å²) in [5, 5.41) is 17.8. The first-order valence-corrected chi connectivity index (χ1v) is 11.5. The van der Waals surface area contributed by atoms with E-state index < -0.39 is 0 Å². The van der Waals surface area contributed by atoms with Gasteiger partial charge in [-0.1, -0.05) is 64.8 Å². The van der Waals surface area contributed by atoms with Gasteiger partial charge in [-0.3, -0.25) is 9.69 Å². The molecule has 9 heteroatoms. The number of fused-ring (bicyclic) bond motifs is 1. The van der Waals surface area contributed by atoms with Crippen molar-refractivity contribution in [2.75, 3.05) is 16.8 Å². The molecule has 1 aliphatic heterocycles. The van der Waals surface area contributed by atoms with Gasteiger partial charge in [-0.05, 0) is 48.4 Å². The summed E-state index contributed by atoms with van der Waals surface area (Å²) in [6, 6.07) is 16.4. The molecule has 8 nitrogen and oxygen atoms in total. The van der Waals surface area contributed by atoms with E-state index in [0.717, 1.165) is 22.5 Å². The van der Waals surface area contributed by atoms with Crippen LogP contribution in [0, 0.1) is 20.8 Å². The summed E-state index contributed by atoms with van der Waals surface area (Å²) in [5.74, 6) is 0.329. The third-order valence-corrected chi connectivity index (χ3v) is 6.40. The van der Waals surface area contributed by atoms with Gasteiger partial charge in [-0.15, -0.1) is 11.3 Å². The third kappa shape index (κ3) is 4.27. The van der Waals surface area contributed by atoms with Gasteiger partial charge in [0.1, 0.15) is 12.6 Å². The van der Waals surface area contributed by atoms with Crippen molar-refractivity contribution in [1.82, 2.24) is 25.2 Å². The number of thiazole rings is 1. The van der Waals surface area contributed by atoms with Crippen LogP contribution in [0.5, 0.6) is 0 Å². The van der Waals surface area contributed by atoms with Crippen molar-refractivity contribution in [3.05, 3.63) is 87.9 Å². The zero-order valence-electron chi connectivity index (χ0n) is 18.6. The van der Waals surface area contributed by atoms with E-state index in [2.05, 4.69) is 94.3 Å². The van der Waals surface area contributed by atoms with Gasteiger partial charge in [0.15, 0.2) is 5.13 Å². The predicted octanol–water partition coefficient (Wildman–Crippen LogP) is 4.14. The first kappa shape index (κ1) is 21.0. The van der Waals surface area contributed by atoms with E-state index in [1.807, 2.05) is 17.2 Å². The summed E-state index contributed by atoms with van der Waals surface area (Å²) < 4.78 is 1.75. The Labute approximate surface area is 195 Å². The maximum atomic E-state index is 13.0. The Morgan fingerprint density at radius 1 is 1.03 bits per heavy atom. The molecule has 2 aromatic carbocycles. The molecule has 0 radical (unpaired) electrons. The zero-order valence-corrected chi connectivity index (χ0v) is 19.4. The van der Waals surface area contributed by atoms with Crippen molar-refractivity contribution in [2.24, 2.45) is 0 Å². The summed E-state index contributed by atoms with van der Waals surface area (Å²) in [7, 11) is 0. The highest BCUT2D eigenvalue weighted by molar-refractivity contribution is 7.13. The first-order chi connectivity index (χ1) is 16.0. The predicted molar refractivity (Wildman–Crippen MR) is 129 cm³/mol. The molecule has 1 amide bonds. The van der Waals surface area contributed by atoms with Gasteiger partial charge in [0, 0.05) is 5.38 Å². The Morgan fingerprint density at radius 2 is 1.73 bits per heavy atom. The number of hydrogen-bond acceptors (Lipinski definition) is 7. The number of benzene rings is 2. The van der Waals surface area contributed by atoms with E-state index in [0.29, 0.717) is 11.1 Å². The maximum absolute atomic E-state index is 13.0. The second-order valence-electron chi connectivity index (χ2n) is 8.13. The monoisotopic (exact) mass is 457 g/mol. The van der Waals surface area contributed by atoms with E-state index >= 15 is 0 Å². The summed E-state index contributed by atoms with van der Waals surface area (Å²) in [6.07, 6.45) is 2.11. The lowest BCUT2D eigenvalue weighted by Crippen LogP contribution is -2.37. The fourth-order valence-corrected chi connectivity index (χ4v) is 4.52. The highest BCUT2D eigenvalue weighted by Gasteiger charge is 2.32. The van der Waals surface area contributed by atoms with E-state index in [1.165, 1.54) is 22.5 Å². The Morgan fingerprint density at radius 3 is 2.39 bits per heavy atom. The highest BCUT2D eigenvalue weighted by Crippen LogP contribution is 2.36. The Hall–Kier alpha value is -3.85. The van der Waals surface area contributed by atoms with Crippen molar-refractivity contribution in [1.29, 1.82) is 0 Å². The van der Waals surface area contributed by atoms with Crippen molar-refractivity contribution in [3.63, 3.8) is 0 Å². The molecule has 3 heterocycles. The maximum Gasteiger partial charge on any atom is 0.251 e. The van der Waals surface area contributed by atoms with Crippen LogP contribution in [0.3, 0.4) is 0 Å². The number of carbonyl (C=O) groups excluding carboxylic acids is 1. The van der Waals surface area contributed by atoms with Crippen molar-refractivity contribution < 1.29 is 4.79 Å². The number of rotatable bonds is 5. The standard InChI is InChI=1S/C24H23N7OS/c1-15-4-8-18(9-5-15)20-12-21(19-10-6-16(2)7-11-19)31-24(27-28-29-31)30(20)13-22(32)26-23-25-17(3)14-33-23/h4-12,14,21H,13H2,1-3H3,(H,25,26,32)/t21-/m1/s1. The number of aryl methyl sites for hydroxylation is 3. The van der Waals surface area contributed by atoms with Gasteiger partial charge in [-0.25, -0.2) is 4.98 Å². The molecule has 0 saturated carbocycles. The minimum absolute atomic E-state index is 0.0549. The van der Waals surface area contributed by atoms with Gasteiger partial charge in [0.25, 0.3) is 5.95 Å². The molecule has 0 unspecified atom stereocenters. The minimum Gasteiger partial charge on any atom is -0.300 e. The number of anilines is 2. The molecule has 5 rings (SSSR count). The molecule has 1 N–H and O–H groups in total. The quantitative estimate of drug-likeness (QED) is 0.484. The van der Waals surface area contributed by atoms with Crippen LogP contribution in [0.25, 0.3) is 5.70 Å². The van der Waals surface area contributed by atoms with Gasteiger partial charge in [0.05, 0.1) is 11.4 Å². The number of aromatic nitrogens is 5. The molecule has 0 spiro atoms. The lowest BCUT2D eigenvalue weighted by Gasteiger charge is -2.32. The van der Waals surface area contributed by atoms with E-state index in [9.17, 15) is 4.79 Å². The molecule has 2 aromatic heterocycles. The first-order valence-electron chi connectivity index (χ1n) is 10.6. The lowest BCUT2D eigenvalue weighted by atomic mass is 9.99. The summed E-state index contributed by atoms with van der Waals surface area (Å²) in [6.45, 7) is 6.06. The molecular formula is C24H23N7OS. The second kappa shape index (κ2) is 8.59. The smallest absolute Gasteiger partial charge is 0.251 e. The van der Waals surface area contributed by atoms with Crippen LogP contribution >= 0.6 is 11.3 Å². The average Bonchev–Trinajstić information content (AvgIpc) is 3.44. The van der Waals surface area contributed by atoms with Crippen LogP contribution in [0.15, 0.2) is 60.0 Å². The van der Waals surface area contributed by atoms with Crippen LogP contribution in [-0.2, 0) is 4.79 Å². The Kier molecular flexibility index (Phi) is 5.47. The average molecular weight is 458 g/mol. The number of hydrogen-bond donors (Lipinski definition) is 1. The fraction of sp³-hybridized carbons (Fsp3) is 0.208. The molecule has 0 saturated heterocycles. The Bertz CT molecular complexity index is 1320. The summed E-state index contributed by atoms with van der Waals surface area (Å²) in [5.41, 5.74) is 6.17. The molecule has 0 bridgehead atoms. The number of nitrogens with zero attached hydrogens (tertiary/aromatic N) is 6. The van der Waals surface area contributed by atoms with Crippen LogP contribution in [0.4, 0.5) is 11.1 Å². The topological polar surface area (TPSA) is 88.8 Å². The molecule has 1 atom stereocenters. The van der Waals surface area contributed by atoms with E-state index in [4.69, 9.17) is 0 Å². The molecule has 166 valence electrons. The van der Waals surface area contributed by atoms with Gasteiger partial charge >= 0.3 is 0 Å². The third-order valence-electron chi connectivity index (χ3n) is 5.52. The molecule has 0 fully saturated rings. The summed E-state index contributed by atoms with van der Waals surface area (Å²) >= 11 is 1.40. The van der Waals surface area contributed by atoms with Gasteiger partial charge in [-0.2, -0.15) is 4.68 Å². The summed E-state index contributed by atoms with van der Waals surface area (Å²) in [4.78, 5) is 19.1.